The van der Waals surface area contributed by atoms with Gasteiger partial charge in [-0.3, -0.25) is 9.59 Å². The van der Waals surface area contributed by atoms with Crippen LogP contribution in [0.2, 0.25) is 0 Å². The highest BCUT2D eigenvalue weighted by atomic mass is 16.5. The number of ether oxygens (including phenoxy) is 1. The number of hydrogen-bond donors (Lipinski definition) is 2. The van der Waals surface area contributed by atoms with Gasteiger partial charge in [0.05, 0.1) is 6.61 Å². The van der Waals surface area contributed by atoms with E-state index in [1.54, 1.807) is 24.3 Å². The Labute approximate surface area is 106 Å². The van der Waals surface area contributed by atoms with E-state index in [2.05, 4.69) is 5.32 Å². The molecule has 0 aliphatic carbocycles. The molecule has 0 heterocycles. The molecule has 0 aliphatic heterocycles. The van der Waals surface area contributed by atoms with Crippen LogP contribution < -0.4 is 15.8 Å². The van der Waals surface area contributed by atoms with Crippen LogP contribution in [-0.4, -0.2) is 18.4 Å². The van der Waals surface area contributed by atoms with Gasteiger partial charge in [0.25, 0.3) is 0 Å². The fourth-order valence-electron chi connectivity index (χ4n) is 1.31. The molecule has 2 amide bonds. The normalized spacial score (nSPS) is 9.83. The molecule has 1 aromatic carbocycles. The minimum Gasteiger partial charge on any atom is -0.494 e. The molecule has 3 N–H and O–H groups in total. The Morgan fingerprint density at radius 1 is 1.22 bits per heavy atom. The first-order valence-electron chi connectivity index (χ1n) is 5.93. The first-order chi connectivity index (χ1) is 8.61. The SMILES string of the molecule is CCCOc1ccc(NC(=O)CCC(N)=O)cc1. The Kier molecular flexibility index (Phi) is 5.70. The maximum Gasteiger partial charge on any atom is 0.224 e. The van der Waals surface area contributed by atoms with E-state index in [0.29, 0.717) is 12.3 Å². The Morgan fingerprint density at radius 2 is 1.89 bits per heavy atom. The van der Waals surface area contributed by atoms with Crippen LogP contribution in [0.3, 0.4) is 0 Å². The van der Waals surface area contributed by atoms with Crippen molar-refractivity contribution in [3.05, 3.63) is 24.3 Å². The molecule has 0 aliphatic rings. The van der Waals surface area contributed by atoms with Gasteiger partial charge in [-0.05, 0) is 30.7 Å². The Hall–Kier alpha value is -2.04. The van der Waals surface area contributed by atoms with E-state index in [1.807, 2.05) is 6.92 Å². The minimum absolute atomic E-state index is 0.0591. The van der Waals surface area contributed by atoms with Crippen LogP contribution in [0.25, 0.3) is 0 Å². The number of hydrogen-bond acceptors (Lipinski definition) is 3. The molecular weight excluding hydrogens is 232 g/mol. The van der Waals surface area contributed by atoms with Crippen molar-refractivity contribution in [3.8, 4) is 5.75 Å². The quantitative estimate of drug-likeness (QED) is 0.772. The molecule has 5 nitrogen and oxygen atoms in total. The third-order valence-corrected chi connectivity index (χ3v) is 2.21. The van der Waals surface area contributed by atoms with E-state index >= 15 is 0 Å². The smallest absolute Gasteiger partial charge is 0.224 e. The van der Waals surface area contributed by atoms with Crippen molar-refractivity contribution in [2.24, 2.45) is 5.73 Å². The van der Waals surface area contributed by atoms with Crippen molar-refractivity contribution in [2.45, 2.75) is 26.2 Å². The van der Waals surface area contributed by atoms with Gasteiger partial charge in [0, 0.05) is 18.5 Å². The standard InChI is InChI=1S/C13H18N2O3/c1-2-9-18-11-5-3-10(4-6-11)15-13(17)8-7-12(14)16/h3-6H,2,7-9H2,1H3,(H2,14,16)(H,15,17). The summed E-state index contributed by atoms with van der Waals surface area (Å²) in [4.78, 5) is 22.0. The molecule has 5 heteroatoms. The van der Waals surface area contributed by atoms with E-state index in [1.165, 1.54) is 0 Å². The van der Waals surface area contributed by atoms with Crippen LogP contribution in [0.5, 0.6) is 5.75 Å². The predicted octanol–water partition coefficient (Wildman–Crippen LogP) is 1.68. The second-order valence-electron chi connectivity index (χ2n) is 3.89. The van der Waals surface area contributed by atoms with Gasteiger partial charge in [0.15, 0.2) is 0 Å². The van der Waals surface area contributed by atoms with Gasteiger partial charge >= 0.3 is 0 Å². The first-order valence-corrected chi connectivity index (χ1v) is 5.93. The fraction of sp³-hybridized carbons (Fsp3) is 0.385. The number of carbonyl (C=O) groups is 2. The van der Waals surface area contributed by atoms with Crippen LogP contribution in [0, 0.1) is 0 Å². The van der Waals surface area contributed by atoms with Gasteiger partial charge < -0.3 is 15.8 Å². The number of nitrogens with two attached hydrogens (primary N) is 1. The van der Waals surface area contributed by atoms with Crippen LogP contribution in [0.4, 0.5) is 5.69 Å². The lowest BCUT2D eigenvalue weighted by molar-refractivity contribution is -0.122. The summed E-state index contributed by atoms with van der Waals surface area (Å²) in [5.74, 6) is 0.0662. The highest BCUT2D eigenvalue weighted by Crippen LogP contribution is 2.16. The Morgan fingerprint density at radius 3 is 2.44 bits per heavy atom. The predicted molar refractivity (Wildman–Crippen MR) is 69.3 cm³/mol. The summed E-state index contributed by atoms with van der Waals surface area (Å²) in [5, 5.41) is 2.68. The number of rotatable bonds is 7. The molecule has 0 atom stereocenters. The second kappa shape index (κ2) is 7.32. The maximum atomic E-state index is 11.4. The highest BCUT2D eigenvalue weighted by molar-refractivity contribution is 5.92. The van der Waals surface area contributed by atoms with E-state index < -0.39 is 5.91 Å². The van der Waals surface area contributed by atoms with Gasteiger partial charge in [-0.2, -0.15) is 0 Å². The van der Waals surface area contributed by atoms with Gasteiger partial charge in [-0.25, -0.2) is 0 Å². The van der Waals surface area contributed by atoms with E-state index in [-0.39, 0.29) is 18.7 Å². The van der Waals surface area contributed by atoms with Crippen LogP contribution in [0.1, 0.15) is 26.2 Å². The second-order valence-corrected chi connectivity index (χ2v) is 3.89. The van der Waals surface area contributed by atoms with Crippen LogP contribution in [0.15, 0.2) is 24.3 Å². The van der Waals surface area contributed by atoms with Crippen molar-refractivity contribution in [2.75, 3.05) is 11.9 Å². The molecule has 0 spiro atoms. The van der Waals surface area contributed by atoms with Crippen molar-refractivity contribution in [1.29, 1.82) is 0 Å². The van der Waals surface area contributed by atoms with E-state index in [4.69, 9.17) is 10.5 Å². The maximum absolute atomic E-state index is 11.4. The van der Waals surface area contributed by atoms with Crippen molar-refractivity contribution < 1.29 is 14.3 Å². The van der Waals surface area contributed by atoms with E-state index in [9.17, 15) is 9.59 Å². The minimum atomic E-state index is -0.478. The zero-order chi connectivity index (χ0) is 13.4. The zero-order valence-electron chi connectivity index (χ0n) is 10.4. The molecule has 0 bridgehead atoms. The lowest BCUT2D eigenvalue weighted by Gasteiger charge is -2.07. The molecule has 0 fully saturated rings. The largest absolute Gasteiger partial charge is 0.494 e. The average molecular weight is 250 g/mol. The molecule has 98 valence electrons. The first kappa shape index (κ1) is 14.0. The number of anilines is 1. The third-order valence-electron chi connectivity index (χ3n) is 2.21. The number of primary amides is 1. The molecule has 0 saturated carbocycles. The number of amides is 2. The molecular formula is C13H18N2O3. The molecule has 1 aromatic rings. The van der Waals surface area contributed by atoms with Crippen molar-refractivity contribution in [1.82, 2.24) is 0 Å². The highest BCUT2D eigenvalue weighted by Gasteiger charge is 2.04. The summed E-state index contributed by atoms with van der Waals surface area (Å²) >= 11 is 0. The molecule has 18 heavy (non-hydrogen) atoms. The van der Waals surface area contributed by atoms with E-state index in [0.717, 1.165) is 12.2 Å². The Balaban J connectivity index is 2.42. The van der Waals surface area contributed by atoms with Gasteiger partial charge in [0.2, 0.25) is 11.8 Å². The molecule has 0 unspecified atom stereocenters. The zero-order valence-corrected chi connectivity index (χ0v) is 10.4. The van der Waals surface area contributed by atoms with Gasteiger partial charge in [-0.15, -0.1) is 0 Å². The molecule has 0 saturated heterocycles. The van der Waals surface area contributed by atoms with Gasteiger partial charge in [-0.1, -0.05) is 6.92 Å². The summed E-state index contributed by atoms with van der Waals surface area (Å²) in [7, 11) is 0. The van der Waals surface area contributed by atoms with Crippen molar-refractivity contribution in [3.63, 3.8) is 0 Å². The number of benzene rings is 1. The summed E-state index contributed by atoms with van der Waals surface area (Å²) in [6.45, 7) is 2.71. The topological polar surface area (TPSA) is 81.4 Å². The van der Waals surface area contributed by atoms with Crippen LogP contribution >= 0.6 is 0 Å². The summed E-state index contributed by atoms with van der Waals surface area (Å²) < 4.78 is 5.42. The third kappa shape index (κ3) is 5.34. The monoisotopic (exact) mass is 250 g/mol. The summed E-state index contributed by atoms with van der Waals surface area (Å²) in [6.07, 6.45) is 1.11. The fourth-order valence-corrected chi connectivity index (χ4v) is 1.31. The van der Waals surface area contributed by atoms with Crippen LogP contribution in [-0.2, 0) is 9.59 Å². The molecule has 1 rings (SSSR count). The number of nitrogens with one attached hydrogen (secondary N) is 1. The summed E-state index contributed by atoms with van der Waals surface area (Å²) in [5.41, 5.74) is 5.64. The number of carbonyl (C=O) groups excluding carboxylic acids is 2. The Bertz CT molecular complexity index is 401. The average Bonchev–Trinajstić information content (AvgIpc) is 2.35. The summed E-state index contributed by atoms with van der Waals surface area (Å²) in [6, 6.07) is 7.10. The molecule has 0 aromatic heterocycles. The van der Waals surface area contributed by atoms with Crippen molar-refractivity contribution >= 4 is 17.5 Å². The van der Waals surface area contributed by atoms with Gasteiger partial charge in [0.1, 0.15) is 5.75 Å². The lowest BCUT2D eigenvalue weighted by Crippen LogP contribution is -2.17. The molecule has 0 radical (unpaired) electrons. The lowest BCUT2D eigenvalue weighted by atomic mass is 10.2.